The fourth-order valence-corrected chi connectivity index (χ4v) is 3.06. The summed E-state index contributed by atoms with van der Waals surface area (Å²) >= 11 is 0. The van der Waals surface area contributed by atoms with Gasteiger partial charge in [0.1, 0.15) is 0 Å². The fourth-order valence-electron chi connectivity index (χ4n) is 2.11. The molecule has 1 aromatic carbocycles. The smallest absolute Gasteiger partial charge is 0.290 e. The highest BCUT2D eigenvalue weighted by molar-refractivity contribution is 7.89. The van der Waals surface area contributed by atoms with Crippen molar-refractivity contribution in [2.45, 2.75) is 18.4 Å². The number of hydrogen-bond acceptors (Lipinski definition) is 4. The summed E-state index contributed by atoms with van der Waals surface area (Å²) in [6.45, 7) is 1.52. The molecule has 0 aliphatic heterocycles. The van der Waals surface area contributed by atoms with Crippen LogP contribution in [0.5, 0.6) is 0 Å². The zero-order valence-electron chi connectivity index (χ0n) is 14.3. The summed E-state index contributed by atoms with van der Waals surface area (Å²) in [4.78, 5) is 23.5. The predicted molar refractivity (Wildman–Crippen MR) is 92.6 cm³/mol. The number of hydrogen-bond donors (Lipinski definition) is 1. The van der Waals surface area contributed by atoms with Crippen LogP contribution >= 0.6 is 0 Å². The molecule has 0 bridgehead atoms. The number of anilines is 1. The number of nitrogens with one attached hydrogen (secondary N) is 1. The summed E-state index contributed by atoms with van der Waals surface area (Å²) in [5.74, 6) is -0.351. The average molecular weight is 362 g/mol. The minimum absolute atomic E-state index is 0.0445. The number of carbonyl (C=O) groups is 2. The lowest BCUT2D eigenvalue weighted by molar-refractivity contribution is -0.684. The van der Waals surface area contributed by atoms with Gasteiger partial charge >= 0.3 is 0 Å². The topological polar surface area (TPSA) is 87.4 Å². The number of carbonyl (C=O) groups excluding carboxylic acids is 2. The zero-order chi connectivity index (χ0) is 18.6. The molecule has 1 heterocycles. The van der Waals surface area contributed by atoms with Crippen LogP contribution in [0, 0.1) is 0 Å². The highest BCUT2D eigenvalue weighted by Crippen LogP contribution is 2.17. The van der Waals surface area contributed by atoms with Gasteiger partial charge < -0.3 is 5.32 Å². The third kappa shape index (κ3) is 4.71. The van der Waals surface area contributed by atoms with Crippen molar-refractivity contribution in [3.8, 4) is 0 Å². The van der Waals surface area contributed by atoms with E-state index in [0.717, 1.165) is 4.31 Å². The van der Waals surface area contributed by atoms with Crippen molar-refractivity contribution < 1.29 is 22.6 Å². The van der Waals surface area contributed by atoms with Crippen LogP contribution in [0.25, 0.3) is 0 Å². The maximum Gasteiger partial charge on any atom is 0.290 e. The van der Waals surface area contributed by atoms with Crippen molar-refractivity contribution >= 4 is 27.4 Å². The van der Waals surface area contributed by atoms with Gasteiger partial charge in [-0.2, -0.15) is 4.57 Å². The van der Waals surface area contributed by atoms with E-state index >= 15 is 0 Å². The molecule has 7 nitrogen and oxygen atoms in total. The van der Waals surface area contributed by atoms with Crippen molar-refractivity contribution in [1.82, 2.24) is 4.31 Å². The normalized spacial score (nSPS) is 11.4. The number of sulfonamides is 1. The van der Waals surface area contributed by atoms with Crippen LogP contribution in [-0.2, 0) is 21.4 Å². The van der Waals surface area contributed by atoms with Crippen LogP contribution in [0.3, 0.4) is 0 Å². The first-order valence-corrected chi connectivity index (χ1v) is 8.96. The summed E-state index contributed by atoms with van der Waals surface area (Å²) in [5, 5.41) is 2.67. The van der Waals surface area contributed by atoms with Gasteiger partial charge in [-0.3, -0.25) is 9.59 Å². The van der Waals surface area contributed by atoms with E-state index < -0.39 is 10.0 Å². The Kier molecular flexibility index (Phi) is 5.66. The van der Waals surface area contributed by atoms with E-state index in [4.69, 9.17) is 0 Å². The molecular formula is C17H20N3O4S+. The molecule has 0 spiro atoms. The molecule has 2 rings (SSSR count). The van der Waals surface area contributed by atoms with Crippen molar-refractivity contribution in [2.24, 2.45) is 0 Å². The molecule has 132 valence electrons. The Hall–Kier alpha value is -2.58. The van der Waals surface area contributed by atoms with Gasteiger partial charge in [0.05, 0.1) is 4.90 Å². The second-order valence-corrected chi connectivity index (χ2v) is 7.83. The summed E-state index contributed by atoms with van der Waals surface area (Å²) in [5.41, 5.74) is 0.965. The van der Waals surface area contributed by atoms with E-state index in [1.165, 1.54) is 33.2 Å². The first kappa shape index (κ1) is 18.8. The quantitative estimate of drug-likeness (QED) is 0.615. The molecule has 0 saturated carbocycles. The largest absolute Gasteiger partial charge is 0.321 e. The molecule has 0 aliphatic rings. The highest BCUT2D eigenvalue weighted by atomic mass is 32.2. The highest BCUT2D eigenvalue weighted by Gasteiger charge is 2.18. The number of nitrogens with zero attached hydrogens (tertiary/aromatic N) is 2. The van der Waals surface area contributed by atoms with Crippen LogP contribution in [-0.4, -0.2) is 38.5 Å². The van der Waals surface area contributed by atoms with Crippen molar-refractivity contribution in [3.63, 3.8) is 0 Å². The fraction of sp³-hybridized carbons (Fsp3) is 0.235. The Morgan fingerprint density at radius 3 is 2.32 bits per heavy atom. The first-order valence-electron chi connectivity index (χ1n) is 7.52. The first-order chi connectivity index (χ1) is 11.7. The van der Waals surface area contributed by atoms with Gasteiger partial charge in [0.25, 0.3) is 5.91 Å². The Bertz CT molecular complexity index is 890. The number of Topliss-reactive ketones (excluding diaryl/α,β-unsaturated/α-hetero) is 1. The summed E-state index contributed by atoms with van der Waals surface area (Å²) < 4.78 is 27.0. The lowest BCUT2D eigenvalue weighted by Gasteiger charge is -2.12. The summed E-state index contributed by atoms with van der Waals surface area (Å²) in [6, 6.07) is 9.35. The van der Waals surface area contributed by atoms with E-state index in [2.05, 4.69) is 5.32 Å². The maximum absolute atomic E-state index is 12.1. The summed E-state index contributed by atoms with van der Waals surface area (Å²) in [7, 11) is -0.669. The lowest BCUT2D eigenvalue weighted by Crippen LogP contribution is -2.39. The summed E-state index contributed by atoms with van der Waals surface area (Å²) in [6.07, 6.45) is 3.28. The lowest BCUT2D eigenvalue weighted by atomic mass is 10.2. The van der Waals surface area contributed by atoms with Gasteiger partial charge in [-0.05, 0) is 25.1 Å². The SMILES string of the molecule is CC(=O)c1cc[n+](CC(=O)Nc2cccc(S(=O)(=O)N(C)C)c2)cc1. The number of benzene rings is 1. The number of pyridine rings is 1. The van der Waals surface area contributed by atoms with Gasteiger partial charge in [0.15, 0.2) is 18.2 Å². The minimum Gasteiger partial charge on any atom is -0.321 e. The molecule has 8 heteroatoms. The molecular weight excluding hydrogens is 342 g/mol. The second-order valence-electron chi connectivity index (χ2n) is 5.68. The number of ketones is 1. The number of aromatic nitrogens is 1. The van der Waals surface area contributed by atoms with E-state index in [1.807, 2.05) is 0 Å². The van der Waals surface area contributed by atoms with E-state index in [1.54, 1.807) is 41.2 Å². The van der Waals surface area contributed by atoms with Gasteiger partial charge in [0, 0.05) is 37.5 Å². The van der Waals surface area contributed by atoms with E-state index in [9.17, 15) is 18.0 Å². The van der Waals surface area contributed by atoms with E-state index in [-0.39, 0.29) is 23.1 Å². The van der Waals surface area contributed by atoms with Gasteiger partial charge in [-0.25, -0.2) is 12.7 Å². The Balaban J connectivity index is 2.09. The van der Waals surface area contributed by atoms with Crippen molar-refractivity contribution in [3.05, 3.63) is 54.4 Å². The Morgan fingerprint density at radius 2 is 1.76 bits per heavy atom. The van der Waals surface area contributed by atoms with Crippen LogP contribution in [0.4, 0.5) is 5.69 Å². The van der Waals surface area contributed by atoms with Crippen LogP contribution in [0.15, 0.2) is 53.7 Å². The Morgan fingerprint density at radius 1 is 1.12 bits per heavy atom. The van der Waals surface area contributed by atoms with Gasteiger partial charge in [-0.15, -0.1) is 0 Å². The molecule has 0 atom stereocenters. The van der Waals surface area contributed by atoms with E-state index in [0.29, 0.717) is 11.3 Å². The molecule has 0 radical (unpaired) electrons. The zero-order valence-corrected chi connectivity index (χ0v) is 15.1. The van der Waals surface area contributed by atoms with Crippen LogP contribution in [0.2, 0.25) is 0 Å². The molecule has 1 amide bonds. The molecule has 0 aliphatic carbocycles. The molecule has 0 unspecified atom stereocenters. The second kappa shape index (κ2) is 7.54. The molecule has 0 saturated heterocycles. The molecule has 0 fully saturated rings. The standard InChI is InChI=1S/C17H19N3O4S/c1-13(21)14-7-9-20(10-8-14)12-17(22)18-15-5-4-6-16(11-15)25(23,24)19(2)3/h4-11H,12H2,1-3H3/p+1. The minimum atomic E-state index is -3.56. The predicted octanol–water partition coefficient (Wildman–Crippen LogP) is 1.07. The van der Waals surface area contributed by atoms with Gasteiger partial charge in [-0.1, -0.05) is 6.07 Å². The Labute approximate surface area is 147 Å². The monoisotopic (exact) mass is 362 g/mol. The number of amides is 1. The average Bonchev–Trinajstić information content (AvgIpc) is 2.55. The van der Waals surface area contributed by atoms with Crippen molar-refractivity contribution in [2.75, 3.05) is 19.4 Å². The molecule has 25 heavy (non-hydrogen) atoms. The maximum atomic E-state index is 12.1. The van der Waals surface area contributed by atoms with Crippen molar-refractivity contribution in [1.29, 1.82) is 0 Å². The molecule has 1 aromatic heterocycles. The molecule has 2 aromatic rings. The molecule has 1 N–H and O–H groups in total. The van der Waals surface area contributed by atoms with Gasteiger partial charge in [0.2, 0.25) is 16.6 Å². The third-order valence-electron chi connectivity index (χ3n) is 3.52. The van der Waals surface area contributed by atoms with Crippen LogP contribution < -0.4 is 9.88 Å². The third-order valence-corrected chi connectivity index (χ3v) is 5.33. The number of rotatable bonds is 6. The van der Waals surface area contributed by atoms with Crippen LogP contribution in [0.1, 0.15) is 17.3 Å².